The third-order valence-corrected chi connectivity index (χ3v) is 5.18. The van der Waals surface area contributed by atoms with Crippen LogP contribution in [0.25, 0.3) is 0 Å². The fourth-order valence-electron chi connectivity index (χ4n) is 3.11. The van der Waals surface area contributed by atoms with Crippen molar-refractivity contribution in [3.05, 3.63) is 46.9 Å². The number of piperidine rings is 1. The highest BCUT2D eigenvalue weighted by Crippen LogP contribution is 2.27. The van der Waals surface area contributed by atoms with E-state index in [0.29, 0.717) is 22.3 Å². The molecule has 2 aromatic rings. The number of nitrogens with zero attached hydrogens (tertiary/aromatic N) is 3. The number of rotatable bonds is 3. The number of hydrogen-bond donors (Lipinski definition) is 1. The van der Waals surface area contributed by atoms with Crippen LogP contribution >= 0.6 is 11.6 Å². The van der Waals surface area contributed by atoms with Gasteiger partial charge in [0.1, 0.15) is 5.82 Å². The summed E-state index contributed by atoms with van der Waals surface area (Å²) in [6.45, 7) is 7.02. The summed E-state index contributed by atoms with van der Waals surface area (Å²) >= 11 is 6.34. The first-order chi connectivity index (χ1) is 12.0. The Hall–Kier alpha value is -2.14. The minimum atomic E-state index is -0.00278. The molecule has 5 nitrogen and oxygen atoms in total. The number of likely N-dealkylation sites (tertiary alicyclic amines) is 1. The van der Waals surface area contributed by atoms with E-state index in [-0.39, 0.29) is 11.9 Å². The first-order valence-electron chi connectivity index (χ1n) is 8.62. The third kappa shape index (κ3) is 3.93. The van der Waals surface area contributed by atoms with Crippen LogP contribution in [0, 0.1) is 12.8 Å². The molecule has 1 aliphatic rings. The van der Waals surface area contributed by atoms with Crippen molar-refractivity contribution in [2.45, 2.75) is 39.7 Å². The van der Waals surface area contributed by atoms with E-state index in [1.54, 1.807) is 18.5 Å². The molecule has 1 N–H and O–H groups in total. The Kier molecular flexibility index (Phi) is 5.23. The molecular weight excluding hydrogens is 336 g/mol. The van der Waals surface area contributed by atoms with E-state index >= 15 is 0 Å². The van der Waals surface area contributed by atoms with Crippen molar-refractivity contribution in [3.8, 4) is 0 Å². The summed E-state index contributed by atoms with van der Waals surface area (Å²) in [4.78, 5) is 23.3. The van der Waals surface area contributed by atoms with Crippen LogP contribution in [0.4, 0.5) is 11.5 Å². The second kappa shape index (κ2) is 7.40. The molecule has 0 aromatic carbocycles. The number of halogens is 1. The Morgan fingerprint density at radius 3 is 2.76 bits per heavy atom. The molecular formula is C19H23ClN4O. The van der Waals surface area contributed by atoms with Crippen LogP contribution in [0.3, 0.4) is 0 Å². The molecule has 1 aliphatic heterocycles. The van der Waals surface area contributed by atoms with Gasteiger partial charge in [-0.3, -0.25) is 9.78 Å². The normalized spacial score (nSPS) is 20.4. The summed E-state index contributed by atoms with van der Waals surface area (Å²) in [6.07, 6.45) is 5.52. The van der Waals surface area contributed by atoms with Crippen LogP contribution in [0.1, 0.15) is 42.7 Å². The number of hydrogen-bond acceptors (Lipinski definition) is 4. The zero-order chi connectivity index (χ0) is 18.0. The maximum Gasteiger partial charge on any atom is 0.255 e. The molecule has 0 aliphatic carbocycles. The molecule has 25 heavy (non-hydrogen) atoms. The summed E-state index contributed by atoms with van der Waals surface area (Å²) < 4.78 is 0. The van der Waals surface area contributed by atoms with E-state index in [1.165, 1.54) is 0 Å². The van der Waals surface area contributed by atoms with E-state index < -0.39 is 0 Å². The van der Waals surface area contributed by atoms with Crippen molar-refractivity contribution in [1.29, 1.82) is 0 Å². The molecule has 1 amide bonds. The number of carbonyl (C=O) groups excluding carboxylic acids is 1. The van der Waals surface area contributed by atoms with Crippen molar-refractivity contribution >= 4 is 29.0 Å². The van der Waals surface area contributed by atoms with Gasteiger partial charge in [0.05, 0.1) is 22.5 Å². The predicted molar refractivity (Wildman–Crippen MR) is 100 cm³/mol. The monoisotopic (exact) mass is 358 g/mol. The van der Waals surface area contributed by atoms with Crippen molar-refractivity contribution in [1.82, 2.24) is 14.9 Å². The van der Waals surface area contributed by atoms with Gasteiger partial charge in [-0.2, -0.15) is 0 Å². The Morgan fingerprint density at radius 2 is 2.08 bits per heavy atom. The van der Waals surface area contributed by atoms with E-state index in [4.69, 9.17) is 11.6 Å². The quantitative estimate of drug-likeness (QED) is 0.881. The number of carbonyl (C=O) groups is 1. The summed E-state index contributed by atoms with van der Waals surface area (Å²) in [7, 11) is 0. The van der Waals surface area contributed by atoms with Gasteiger partial charge in [0, 0.05) is 24.5 Å². The van der Waals surface area contributed by atoms with Gasteiger partial charge in [-0.15, -0.1) is 0 Å². The predicted octanol–water partition coefficient (Wildman–Crippen LogP) is 4.44. The lowest BCUT2D eigenvalue weighted by Gasteiger charge is -2.38. The smallest absolute Gasteiger partial charge is 0.255 e. The molecule has 2 aromatic heterocycles. The molecule has 3 heterocycles. The van der Waals surface area contributed by atoms with Crippen LogP contribution in [0.2, 0.25) is 5.02 Å². The van der Waals surface area contributed by atoms with Crippen LogP contribution in [-0.4, -0.2) is 33.4 Å². The lowest BCUT2D eigenvalue weighted by atomic mass is 9.91. The topological polar surface area (TPSA) is 58.1 Å². The first-order valence-corrected chi connectivity index (χ1v) is 8.99. The highest BCUT2D eigenvalue weighted by molar-refractivity contribution is 6.33. The first kappa shape index (κ1) is 17.7. The number of amides is 1. The maximum absolute atomic E-state index is 12.8. The Labute approximate surface area is 153 Å². The minimum Gasteiger partial charge on any atom is -0.338 e. The van der Waals surface area contributed by atoms with Crippen LogP contribution in [0.15, 0.2) is 30.6 Å². The van der Waals surface area contributed by atoms with Crippen LogP contribution in [0.5, 0.6) is 0 Å². The number of anilines is 2. The lowest BCUT2D eigenvalue weighted by molar-refractivity contribution is 0.0550. The molecule has 1 fully saturated rings. The van der Waals surface area contributed by atoms with E-state index in [9.17, 15) is 4.79 Å². The fourth-order valence-corrected chi connectivity index (χ4v) is 3.33. The van der Waals surface area contributed by atoms with Gasteiger partial charge in [-0.25, -0.2) is 4.98 Å². The number of aryl methyl sites for hydroxylation is 1. The fraction of sp³-hybridized carbons (Fsp3) is 0.421. The van der Waals surface area contributed by atoms with Crippen LogP contribution in [-0.2, 0) is 0 Å². The molecule has 1 saturated heterocycles. The van der Waals surface area contributed by atoms with E-state index in [2.05, 4.69) is 29.1 Å². The Bertz CT molecular complexity index is 763. The number of nitrogens with one attached hydrogen (secondary N) is 1. The molecule has 0 saturated carbocycles. The summed E-state index contributed by atoms with van der Waals surface area (Å²) in [5.74, 6) is 1.03. The highest BCUT2D eigenvalue weighted by Gasteiger charge is 2.29. The Balaban J connectivity index is 1.77. The SMILES string of the molecule is Cc1ccc(Nc2ncc(C(=O)N3CCC[C@@H](C)[C@H]3C)cc2Cl)cn1. The second-order valence-corrected chi connectivity index (χ2v) is 7.13. The van der Waals surface area contributed by atoms with Gasteiger partial charge < -0.3 is 10.2 Å². The molecule has 0 unspecified atom stereocenters. The van der Waals surface area contributed by atoms with E-state index in [0.717, 1.165) is 30.8 Å². The summed E-state index contributed by atoms with van der Waals surface area (Å²) in [6, 6.07) is 5.74. The van der Waals surface area contributed by atoms with Crippen LogP contribution < -0.4 is 5.32 Å². The third-order valence-electron chi connectivity index (χ3n) is 4.90. The van der Waals surface area contributed by atoms with Gasteiger partial charge in [0.25, 0.3) is 5.91 Å². The molecule has 2 atom stereocenters. The Morgan fingerprint density at radius 1 is 1.28 bits per heavy atom. The van der Waals surface area contributed by atoms with Gasteiger partial charge in [0.15, 0.2) is 0 Å². The molecule has 0 radical (unpaired) electrons. The molecule has 0 bridgehead atoms. The largest absolute Gasteiger partial charge is 0.338 e. The van der Waals surface area contributed by atoms with Crippen molar-refractivity contribution in [2.75, 3.05) is 11.9 Å². The lowest BCUT2D eigenvalue weighted by Crippen LogP contribution is -2.46. The molecule has 6 heteroatoms. The van der Waals surface area contributed by atoms with Crippen molar-refractivity contribution < 1.29 is 4.79 Å². The van der Waals surface area contributed by atoms with Crippen molar-refractivity contribution in [3.63, 3.8) is 0 Å². The van der Waals surface area contributed by atoms with Crippen molar-refractivity contribution in [2.24, 2.45) is 5.92 Å². The minimum absolute atomic E-state index is 0.00278. The number of pyridine rings is 2. The average Bonchev–Trinajstić information content (AvgIpc) is 2.60. The second-order valence-electron chi connectivity index (χ2n) is 6.73. The number of aromatic nitrogens is 2. The molecule has 3 rings (SSSR count). The van der Waals surface area contributed by atoms with Gasteiger partial charge >= 0.3 is 0 Å². The van der Waals surface area contributed by atoms with E-state index in [1.807, 2.05) is 24.0 Å². The molecule has 132 valence electrons. The van der Waals surface area contributed by atoms with Gasteiger partial charge in [-0.1, -0.05) is 18.5 Å². The van der Waals surface area contributed by atoms with Gasteiger partial charge in [-0.05, 0) is 50.8 Å². The average molecular weight is 359 g/mol. The standard InChI is InChI=1S/C19H23ClN4O/c1-12-5-4-8-24(14(12)3)19(25)15-9-17(20)18(22-10-15)23-16-7-6-13(2)21-11-16/h6-7,9-12,14H,4-5,8H2,1-3H3,(H,22,23)/t12-,14-/m1/s1. The zero-order valence-corrected chi connectivity index (χ0v) is 15.5. The maximum atomic E-state index is 12.8. The molecule has 0 spiro atoms. The summed E-state index contributed by atoms with van der Waals surface area (Å²) in [5.41, 5.74) is 2.27. The summed E-state index contributed by atoms with van der Waals surface area (Å²) in [5, 5.41) is 3.55. The highest BCUT2D eigenvalue weighted by atomic mass is 35.5. The zero-order valence-electron chi connectivity index (χ0n) is 14.8. The van der Waals surface area contributed by atoms with Gasteiger partial charge in [0.2, 0.25) is 0 Å².